The third-order valence-corrected chi connectivity index (χ3v) is 2.26. The second kappa shape index (κ2) is 5.55. The first-order valence-corrected chi connectivity index (χ1v) is 5.36. The van der Waals surface area contributed by atoms with Gasteiger partial charge in [-0.3, -0.25) is 4.79 Å². The monoisotopic (exact) mass is 239 g/mol. The number of hydrogen-bond donors (Lipinski definition) is 0. The Morgan fingerprint density at radius 1 is 1.12 bits per heavy atom. The van der Waals surface area contributed by atoms with Gasteiger partial charge in [-0.15, -0.1) is 0 Å². The van der Waals surface area contributed by atoms with Crippen LogP contribution in [0.4, 0.5) is 13.2 Å². The van der Waals surface area contributed by atoms with Crippen LogP contribution in [-0.4, -0.2) is 30.6 Å². The summed E-state index contributed by atoms with van der Waals surface area (Å²) in [6, 6.07) is 0. The van der Waals surface area contributed by atoms with Crippen molar-refractivity contribution in [1.29, 1.82) is 0 Å². The lowest BCUT2D eigenvalue weighted by molar-refractivity contribution is -0.184. The summed E-state index contributed by atoms with van der Waals surface area (Å²) >= 11 is 0. The Morgan fingerprint density at radius 2 is 1.62 bits per heavy atom. The summed E-state index contributed by atoms with van der Waals surface area (Å²) in [5.74, 6) is -1.76. The highest BCUT2D eigenvalue weighted by Gasteiger charge is 2.40. The number of carbonyl (C=O) groups excluding carboxylic acids is 1. The number of alkyl halides is 3. The van der Waals surface area contributed by atoms with Crippen LogP contribution in [0, 0.1) is 5.41 Å². The van der Waals surface area contributed by atoms with Crippen LogP contribution in [0.1, 0.15) is 40.0 Å². The predicted molar refractivity (Wildman–Crippen MR) is 57.0 cm³/mol. The summed E-state index contributed by atoms with van der Waals surface area (Å²) in [6.07, 6.45) is -2.37. The molecule has 5 heteroatoms. The molecule has 0 bridgehead atoms. The molecule has 0 N–H and O–H groups in total. The maximum atomic E-state index is 12.0. The van der Waals surface area contributed by atoms with Crippen LogP contribution in [0.2, 0.25) is 0 Å². The minimum atomic E-state index is -4.75. The van der Waals surface area contributed by atoms with Crippen LogP contribution < -0.4 is 0 Å². The molecule has 0 radical (unpaired) electrons. The molecule has 96 valence electrons. The SMILES string of the molecule is CN(CCCCC(C)(C)C)C(=O)C(F)(F)F. The van der Waals surface area contributed by atoms with Crippen LogP contribution in [0.5, 0.6) is 0 Å². The highest BCUT2D eigenvalue weighted by molar-refractivity contribution is 5.81. The lowest BCUT2D eigenvalue weighted by Gasteiger charge is -2.21. The topological polar surface area (TPSA) is 20.3 Å². The maximum absolute atomic E-state index is 12.0. The van der Waals surface area contributed by atoms with Gasteiger partial charge in [-0.2, -0.15) is 13.2 Å². The largest absolute Gasteiger partial charge is 0.471 e. The molecule has 16 heavy (non-hydrogen) atoms. The van der Waals surface area contributed by atoms with Gasteiger partial charge in [0.1, 0.15) is 0 Å². The van der Waals surface area contributed by atoms with Crippen molar-refractivity contribution in [2.24, 2.45) is 5.41 Å². The van der Waals surface area contributed by atoms with Crippen molar-refractivity contribution >= 4 is 5.91 Å². The van der Waals surface area contributed by atoms with E-state index in [9.17, 15) is 18.0 Å². The van der Waals surface area contributed by atoms with Crippen molar-refractivity contribution in [3.63, 3.8) is 0 Å². The number of amides is 1. The Balaban J connectivity index is 3.83. The molecule has 0 atom stereocenters. The van der Waals surface area contributed by atoms with Crippen molar-refractivity contribution in [3.8, 4) is 0 Å². The lowest BCUT2D eigenvalue weighted by atomic mass is 9.90. The fourth-order valence-corrected chi connectivity index (χ4v) is 1.32. The standard InChI is InChI=1S/C11H20F3NO/c1-10(2,3)7-5-6-8-15(4)9(16)11(12,13)14/h5-8H2,1-4H3. The lowest BCUT2D eigenvalue weighted by Crippen LogP contribution is -2.38. The van der Waals surface area contributed by atoms with Gasteiger partial charge in [0, 0.05) is 13.6 Å². The molecule has 0 aromatic carbocycles. The van der Waals surface area contributed by atoms with E-state index >= 15 is 0 Å². The second-order valence-corrected chi connectivity index (χ2v) is 5.24. The molecule has 0 aliphatic carbocycles. The second-order valence-electron chi connectivity index (χ2n) is 5.24. The first-order chi connectivity index (χ1) is 7.04. The molecule has 0 aromatic heterocycles. The average Bonchev–Trinajstić information content (AvgIpc) is 2.07. The van der Waals surface area contributed by atoms with E-state index < -0.39 is 12.1 Å². The molecule has 0 aromatic rings. The Bertz CT molecular complexity index is 230. The van der Waals surface area contributed by atoms with E-state index in [0.29, 0.717) is 6.42 Å². The number of unbranched alkanes of at least 4 members (excludes halogenated alkanes) is 1. The molecule has 0 spiro atoms. The zero-order chi connectivity index (χ0) is 13.0. The molecule has 0 aliphatic rings. The van der Waals surface area contributed by atoms with Gasteiger partial charge in [0.05, 0.1) is 0 Å². The van der Waals surface area contributed by atoms with E-state index in [2.05, 4.69) is 20.8 Å². The van der Waals surface area contributed by atoms with Gasteiger partial charge in [0.25, 0.3) is 0 Å². The molecular formula is C11H20F3NO. The molecule has 0 unspecified atom stereocenters. The summed E-state index contributed by atoms with van der Waals surface area (Å²) in [6.45, 7) is 6.40. The molecule has 0 heterocycles. The van der Waals surface area contributed by atoms with E-state index in [1.807, 2.05) is 0 Å². The normalized spacial score (nSPS) is 12.7. The van der Waals surface area contributed by atoms with Gasteiger partial charge < -0.3 is 4.90 Å². The Labute approximate surface area is 94.8 Å². The minimum Gasteiger partial charge on any atom is -0.338 e. The van der Waals surface area contributed by atoms with Crippen LogP contribution >= 0.6 is 0 Å². The first-order valence-electron chi connectivity index (χ1n) is 5.36. The average molecular weight is 239 g/mol. The van der Waals surface area contributed by atoms with Gasteiger partial charge in [-0.1, -0.05) is 27.2 Å². The zero-order valence-electron chi connectivity index (χ0n) is 10.3. The Kier molecular flexibility index (Phi) is 5.29. The molecule has 0 fully saturated rings. The third-order valence-electron chi connectivity index (χ3n) is 2.26. The number of hydrogen-bond acceptors (Lipinski definition) is 1. The molecular weight excluding hydrogens is 219 g/mol. The molecule has 0 aliphatic heterocycles. The molecule has 0 rings (SSSR count). The van der Waals surface area contributed by atoms with Crippen molar-refractivity contribution < 1.29 is 18.0 Å². The number of carbonyl (C=O) groups is 1. The van der Waals surface area contributed by atoms with E-state index in [1.165, 1.54) is 7.05 Å². The molecule has 1 amide bonds. The summed E-state index contributed by atoms with van der Waals surface area (Å²) in [7, 11) is 1.19. The number of nitrogens with zero attached hydrogens (tertiary/aromatic N) is 1. The summed E-state index contributed by atoms with van der Waals surface area (Å²) < 4.78 is 36.0. The van der Waals surface area contributed by atoms with Crippen molar-refractivity contribution in [1.82, 2.24) is 4.90 Å². The highest BCUT2D eigenvalue weighted by Crippen LogP contribution is 2.22. The van der Waals surface area contributed by atoms with Gasteiger partial charge in [0.15, 0.2) is 0 Å². The fraction of sp³-hybridized carbons (Fsp3) is 0.909. The van der Waals surface area contributed by atoms with Crippen molar-refractivity contribution in [2.45, 2.75) is 46.2 Å². The Morgan fingerprint density at radius 3 is 2.00 bits per heavy atom. The van der Waals surface area contributed by atoms with Crippen LogP contribution in [0.3, 0.4) is 0 Å². The summed E-state index contributed by atoms with van der Waals surface area (Å²) in [4.78, 5) is 11.5. The molecule has 0 saturated carbocycles. The first kappa shape index (κ1) is 15.3. The molecule has 2 nitrogen and oxygen atoms in total. The quantitative estimate of drug-likeness (QED) is 0.690. The minimum absolute atomic E-state index is 0.161. The van der Waals surface area contributed by atoms with E-state index in [0.717, 1.165) is 17.7 Å². The van der Waals surface area contributed by atoms with Crippen molar-refractivity contribution in [2.75, 3.05) is 13.6 Å². The van der Waals surface area contributed by atoms with E-state index in [-0.39, 0.29) is 12.0 Å². The number of rotatable bonds is 4. The smallest absolute Gasteiger partial charge is 0.338 e. The Hall–Kier alpha value is -0.740. The summed E-state index contributed by atoms with van der Waals surface area (Å²) in [5.41, 5.74) is 0.187. The third kappa shape index (κ3) is 6.69. The zero-order valence-corrected chi connectivity index (χ0v) is 10.3. The maximum Gasteiger partial charge on any atom is 0.471 e. The predicted octanol–water partition coefficient (Wildman–Crippen LogP) is 3.22. The molecule has 0 saturated heterocycles. The van der Waals surface area contributed by atoms with Crippen LogP contribution in [-0.2, 0) is 4.79 Å². The summed E-state index contributed by atoms with van der Waals surface area (Å²) in [5, 5.41) is 0. The van der Waals surface area contributed by atoms with E-state index in [4.69, 9.17) is 0 Å². The highest BCUT2D eigenvalue weighted by atomic mass is 19.4. The van der Waals surface area contributed by atoms with Crippen LogP contribution in [0.25, 0.3) is 0 Å². The van der Waals surface area contributed by atoms with Gasteiger partial charge in [0.2, 0.25) is 0 Å². The van der Waals surface area contributed by atoms with Crippen molar-refractivity contribution in [3.05, 3.63) is 0 Å². The van der Waals surface area contributed by atoms with Gasteiger partial charge in [-0.05, 0) is 18.3 Å². The fourth-order valence-electron chi connectivity index (χ4n) is 1.32. The van der Waals surface area contributed by atoms with Gasteiger partial charge >= 0.3 is 12.1 Å². The van der Waals surface area contributed by atoms with E-state index in [1.54, 1.807) is 0 Å². The van der Waals surface area contributed by atoms with Gasteiger partial charge in [-0.25, -0.2) is 0 Å². The van der Waals surface area contributed by atoms with Crippen LogP contribution in [0.15, 0.2) is 0 Å². The number of halogens is 3.